The molecule has 1 atom stereocenters. The number of nitriles is 1. The highest BCUT2D eigenvalue weighted by Crippen LogP contribution is 2.22. The van der Waals surface area contributed by atoms with Crippen molar-refractivity contribution in [3.05, 3.63) is 29.8 Å². The molecule has 2 rings (SSSR count). The van der Waals surface area contributed by atoms with Gasteiger partial charge in [-0.05, 0) is 31.0 Å². The van der Waals surface area contributed by atoms with Crippen molar-refractivity contribution >= 4 is 21.6 Å². The minimum absolute atomic E-state index is 0.358. The Bertz CT molecular complexity index is 664. The van der Waals surface area contributed by atoms with E-state index in [9.17, 15) is 13.2 Å². The summed E-state index contributed by atoms with van der Waals surface area (Å²) in [6, 6.07) is 7.83. The SMILES string of the molecule is CS(=O)(=O)N1CCC[C@@H]1C(=O)Nc1cccc(C#N)c1. The quantitative estimate of drug-likeness (QED) is 0.897. The van der Waals surface area contributed by atoms with E-state index in [1.807, 2.05) is 6.07 Å². The van der Waals surface area contributed by atoms with Crippen LogP contribution in [0.15, 0.2) is 24.3 Å². The summed E-state index contributed by atoms with van der Waals surface area (Å²) < 4.78 is 24.4. The molecule has 6 nitrogen and oxygen atoms in total. The van der Waals surface area contributed by atoms with Gasteiger partial charge in [0.25, 0.3) is 0 Å². The molecule has 1 aliphatic rings. The number of nitrogens with one attached hydrogen (secondary N) is 1. The molecule has 1 aromatic rings. The topological polar surface area (TPSA) is 90.3 Å². The van der Waals surface area contributed by atoms with Gasteiger partial charge in [-0.25, -0.2) is 8.42 Å². The van der Waals surface area contributed by atoms with E-state index in [4.69, 9.17) is 5.26 Å². The number of carbonyl (C=O) groups excluding carboxylic acids is 1. The van der Waals surface area contributed by atoms with E-state index in [1.54, 1.807) is 24.3 Å². The van der Waals surface area contributed by atoms with Gasteiger partial charge in [0.1, 0.15) is 6.04 Å². The van der Waals surface area contributed by atoms with Crippen LogP contribution in [0.4, 0.5) is 5.69 Å². The zero-order chi connectivity index (χ0) is 14.8. The molecule has 1 saturated heterocycles. The van der Waals surface area contributed by atoms with Crippen LogP contribution in [0.2, 0.25) is 0 Å². The summed E-state index contributed by atoms with van der Waals surface area (Å²) in [4.78, 5) is 12.2. The summed E-state index contributed by atoms with van der Waals surface area (Å²) in [5.74, 6) is -0.358. The Balaban J connectivity index is 2.14. The largest absolute Gasteiger partial charge is 0.325 e. The maximum Gasteiger partial charge on any atom is 0.242 e. The molecule has 0 bridgehead atoms. The summed E-state index contributed by atoms with van der Waals surface area (Å²) in [6.45, 7) is 0.370. The van der Waals surface area contributed by atoms with Crippen LogP contribution in [0.5, 0.6) is 0 Å². The minimum Gasteiger partial charge on any atom is -0.325 e. The summed E-state index contributed by atoms with van der Waals surface area (Å²) in [5, 5.41) is 11.5. The van der Waals surface area contributed by atoms with Crippen LogP contribution in [0.1, 0.15) is 18.4 Å². The zero-order valence-electron chi connectivity index (χ0n) is 11.0. The Kier molecular flexibility index (Phi) is 4.06. The van der Waals surface area contributed by atoms with Crippen LogP contribution in [0.3, 0.4) is 0 Å². The van der Waals surface area contributed by atoms with Crippen LogP contribution in [0, 0.1) is 11.3 Å². The van der Waals surface area contributed by atoms with Gasteiger partial charge in [0.2, 0.25) is 15.9 Å². The highest BCUT2D eigenvalue weighted by molar-refractivity contribution is 7.88. The van der Waals surface area contributed by atoms with Crippen molar-refractivity contribution in [3.8, 4) is 6.07 Å². The Hall–Kier alpha value is -1.91. The van der Waals surface area contributed by atoms with Crippen molar-refractivity contribution in [1.29, 1.82) is 5.26 Å². The van der Waals surface area contributed by atoms with Gasteiger partial charge in [0.05, 0.1) is 17.9 Å². The molecule has 20 heavy (non-hydrogen) atoms. The van der Waals surface area contributed by atoms with E-state index in [1.165, 1.54) is 4.31 Å². The maximum absolute atomic E-state index is 12.2. The fraction of sp³-hybridized carbons (Fsp3) is 0.385. The Morgan fingerprint density at radius 1 is 1.50 bits per heavy atom. The van der Waals surface area contributed by atoms with E-state index in [-0.39, 0.29) is 5.91 Å². The number of rotatable bonds is 3. The van der Waals surface area contributed by atoms with Gasteiger partial charge in [0, 0.05) is 12.2 Å². The van der Waals surface area contributed by atoms with Crippen molar-refractivity contribution in [2.24, 2.45) is 0 Å². The van der Waals surface area contributed by atoms with E-state index in [0.717, 1.165) is 6.26 Å². The Morgan fingerprint density at radius 3 is 2.90 bits per heavy atom. The van der Waals surface area contributed by atoms with E-state index >= 15 is 0 Å². The third kappa shape index (κ3) is 3.15. The van der Waals surface area contributed by atoms with Crippen LogP contribution in [0.25, 0.3) is 0 Å². The number of benzene rings is 1. The summed E-state index contributed by atoms with van der Waals surface area (Å²) >= 11 is 0. The van der Waals surface area contributed by atoms with Crippen molar-refractivity contribution in [3.63, 3.8) is 0 Å². The lowest BCUT2D eigenvalue weighted by molar-refractivity contribution is -0.119. The molecular formula is C13H15N3O3S. The molecule has 1 fully saturated rings. The third-order valence-electron chi connectivity index (χ3n) is 3.19. The molecule has 0 aromatic heterocycles. The van der Waals surface area contributed by atoms with Gasteiger partial charge in [-0.1, -0.05) is 6.07 Å². The second-order valence-corrected chi connectivity index (χ2v) is 6.65. The van der Waals surface area contributed by atoms with E-state index < -0.39 is 16.1 Å². The molecule has 0 radical (unpaired) electrons. The maximum atomic E-state index is 12.2. The molecule has 1 amide bonds. The fourth-order valence-corrected chi connectivity index (χ4v) is 3.42. The minimum atomic E-state index is -3.38. The fourth-order valence-electron chi connectivity index (χ4n) is 2.29. The molecule has 0 unspecified atom stereocenters. The average Bonchev–Trinajstić information content (AvgIpc) is 2.88. The van der Waals surface area contributed by atoms with Crippen LogP contribution in [-0.4, -0.2) is 37.5 Å². The molecule has 106 valence electrons. The number of anilines is 1. The molecule has 0 aliphatic carbocycles. The standard InChI is InChI=1S/C13H15N3O3S/c1-20(18,19)16-7-3-6-12(16)13(17)15-11-5-2-4-10(8-11)9-14/h2,4-5,8,12H,3,6-7H2,1H3,(H,15,17)/t12-/m1/s1. The monoisotopic (exact) mass is 293 g/mol. The number of hydrogen-bond donors (Lipinski definition) is 1. The lowest BCUT2D eigenvalue weighted by Crippen LogP contribution is -2.42. The smallest absolute Gasteiger partial charge is 0.242 e. The second kappa shape index (κ2) is 5.61. The predicted molar refractivity (Wildman–Crippen MR) is 74.4 cm³/mol. The lowest BCUT2D eigenvalue weighted by atomic mass is 10.2. The molecule has 1 N–H and O–H groups in total. The van der Waals surface area contributed by atoms with Crippen LogP contribution < -0.4 is 5.32 Å². The highest BCUT2D eigenvalue weighted by atomic mass is 32.2. The zero-order valence-corrected chi connectivity index (χ0v) is 11.9. The van der Waals surface area contributed by atoms with Gasteiger partial charge >= 0.3 is 0 Å². The number of hydrogen-bond acceptors (Lipinski definition) is 4. The molecule has 7 heteroatoms. The van der Waals surface area contributed by atoms with Gasteiger partial charge in [-0.3, -0.25) is 4.79 Å². The number of amides is 1. The average molecular weight is 293 g/mol. The van der Waals surface area contributed by atoms with Gasteiger partial charge in [-0.2, -0.15) is 9.57 Å². The second-order valence-electron chi connectivity index (χ2n) is 4.71. The van der Waals surface area contributed by atoms with Crippen LogP contribution in [-0.2, 0) is 14.8 Å². The summed E-state index contributed by atoms with van der Waals surface area (Å²) in [7, 11) is -3.38. The van der Waals surface area contributed by atoms with Crippen molar-refractivity contribution in [2.45, 2.75) is 18.9 Å². The number of sulfonamides is 1. The molecule has 1 heterocycles. The predicted octanol–water partition coefficient (Wildman–Crippen LogP) is 0.921. The van der Waals surface area contributed by atoms with Gasteiger partial charge < -0.3 is 5.32 Å². The molecular weight excluding hydrogens is 278 g/mol. The van der Waals surface area contributed by atoms with E-state index in [2.05, 4.69) is 5.32 Å². The third-order valence-corrected chi connectivity index (χ3v) is 4.48. The van der Waals surface area contributed by atoms with Crippen molar-refractivity contribution in [2.75, 3.05) is 18.1 Å². The lowest BCUT2D eigenvalue weighted by Gasteiger charge is -2.21. The van der Waals surface area contributed by atoms with Gasteiger partial charge in [-0.15, -0.1) is 0 Å². The molecule has 1 aromatic carbocycles. The summed E-state index contributed by atoms with van der Waals surface area (Å²) in [6.07, 6.45) is 2.29. The number of nitrogens with zero attached hydrogens (tertiary/aromatic N) is 2. The normalized spacial score (nSPS) is 19.5. The molecule has 0 saturated carbocycles. The summed E-state index contributed by atoms with van der Waals surface area (Å²) in [5.41, 5.74) is 0.934. The first-order valence-corrected chi connectivity index (χ1v) is 8.04. The molecule has 1 aliphatic heterocycles. The first kappa shape index (κ1) is 14.5. The Labute approximate surface area is 118 Å². The van der Waals surface area contributed by atoms with Gasteiger partial charge in [0.15, 0.2) is 0 Å². The van der Waals surface area contributed by atoms with Crippen molar-refractivity contribution < 1.29 is 13.2 Å². The Morgan fingerprint density at radius 2 is 2.25 bits per heavy atom. The van der Waals surface area contributed by atoms with E-state index in [0.29, 0.717) is 30.6 Å². The van der Waals surface area contributed by atoms with Crippen LogP contribution >= 0.6 is 0 Å². The first-order valence-electron chi connectivity index (χ1n) is 6.19. The first-order chi connectivity index (χ1) is 9.41. The van der Waals surface area contributed by atoms with Crippen molar-refractivity contribution in [1.82, 2.24) is 4.31 Å². The number of carbonyl (C=O) groups is 1. The molecule has 0 spiro atoms. The highest BCUT2D eigenvalue weighted by Gasteiger charge is 2.36.